The molecule has 1 aliphatic rings. The Morgan fingerprint density at radius 3 is 2.42 bits per heavy atom. The molecule has 2 N–H and O–H groups in total. The van der Waals surface area contributed by atoms with E-state index >= 15 is 0 Å². The maximum absolute atomic E-state index is 13.6. The Hall–Kier alpha value is -3.12. The topological polar surface area (TPSA) is 113 Å². The van der Waals surface area contributed by atoms with Crippen LogP contribution in [0.1, 0.15) is 23.2 Å². The number of phenolic OH excluding ortho intramolecular Hbond substituents is 1. The maximum Gasteiger partial charge on any atom is 0.342 e. The lowest BCUT2D eigenvalue weighted by Crippen LogP contribution is -2.28. The number of nitrogens with one attached hydrogen (secondary N) is 1. The van der Waals surface area contributed by atoms with Gasteiger partial charge in [-0.05, 0) is 43.2 Å². The van der Waals surface area contributed by atoms with E-state index in [2.05, 4.69) is 0 Å². The molecule has 3 rings (SSSR count). The normalized spacial score (nSPS) is 14.4. The summed E-state index contributed by atoms with van der Waals surface area (Å²) in [5.41, 5.74) is -1.16. The number of amides is 1. The van der Waals surface area contributed by atoms with Gasteiger partial charge in [-0.15, -0.1) is 0 Å². The minimum atomic E-state index is -3.87. The molecule has 0 atom stereocenters. The molecule has 2 aromatic carbocycles. The summed E-state index contributed by atoms with van der Waals surface area (Å²) < 4.78 is 70.9. The largest absolute Gasteiger partial charge is 0.507 e. The Labute approximate surface area is 175 Å². The van der Waals surface area contributed by atoms with Crippen LogP contribution in [0.4, 0.5) is 18.9 Å². The predicted octanol–water partition coefficient (Wildman–Crippen LogP) is 2.39. The second-order valence-electron chi connectivity index (χ2n) is 6.64. The molecule has 0 aliphatic carbocycles. The number of rotatable bonds is 6. The molecule has 0 aromatic heterocycles. The summed E-state index contributed by atoms with van der Waals surface area (Å²) >= 11 is 0. The number of hydrogen-bond donors (Lipinski definition) is 2. The molecule has 12 heteroatoms. The molecule has 0 radical (unpaired) electrons. The first-order chi connectivity index (χ1) is 14.6. The standard InChI is InChI=1S/C19H17F3N2O6S/c20-13-4-5-14(18(22)17(13)21)23-16(26)10-30-19(27)12-9-11(3-6-15(12)25)31(28,29)24-7-1-2-8-24/h3-6,9,25H,1-2,7-8,10H2,(H,23,26). The molecule has 1 heterocycles. The summed E-state index contributed by atoms with van der Waals surface area (Å²) in [4.78, 5) is 23.9. The summed E-state index contributed by atoms with van der Waals surface area (Å²) in [6, 6.07) is 4.46. The third-order valence-electron chi connectivity index (χ3n) is 4.53. The lowest BCUT2D eigenvalue weighted by atomic mass is 10.2. The number of carbonyl (C=O) groups excluding carboxylic acids is 2. The van der Waals surface area contributed by atoms with Crippen LogP contribution in [-0.2, 0) is 19.6 Å². The van der Waals surface area contributed by atoms with Crippen molar-refractivity contribution in [3.05, 3.63) is 53.3 Å². The van der Waals surface area contributed by atoms with Crippen LogP contribution in [0.15, 0.2) is 35.2 Å². The average Bonchev–Trinajstić information content (AvgIpc) is 3.28. The van der Waals surface area contributed by atoms with Crippen LogP contribution in [-0.4, -0.2) is 49.4 Å². The number of aromatic hydroxyl groups is 1. The maximum atomic E-state index is 13.6. The first-order valence-electron chi connectivity index (χ1n) is 9.05. The van der Waals surface area contributed by atoms with E-state index in [0.717, 1.165) is 24.3 Å². The molecule has 8 nitrogen and oxygen atoms in total. The molecule has 1 saturated heterocycles. The fourth-order valence-corrected chi connectivity index (χ4v) is 4.48. The van der Waals surface area contributed by atoms with Crippen LogP contribution in [0.2, 0.25) is 0 Å². The lowest BCUT2D eigenvalue weighted by molar-refractivity contribution is -0.119. The fourth-order valence-electron chi connectivity index (χ4n) is 2.93. The molecule has 0 spiro atoms. The summed E-state index contributed by atoms with van der Waals surface area (Å²) in [7, 11) is -3.87. The van der Waals surface area contributed by atoms with Crippen molar-refractivity contribution in [2.24, 2.45) is 0 Å². The molecule has 166 valence electrons. The minimum absolute atomic E-state index is 0.229. The van der Waals surface area contributed by atoms with Gasteiger partial charge >= 0.3 is 5.97 Å². The van der Waals surface area contributed by atoms with Crippen LogP contribution in [0, 0.1) is 17.5 Å². The van der Waals surface area contributed by atoms with Crippen LogP contribution >= 0.6 is 0 Å². The molecule has 0 saturated carbocycles. The van der Waals surface area contributed by atoms with E-state index in [9.17, 15) is 36.3 Å². The first kappa shape index (κ1) is 22.6. The van der Waals surface area contributed by atoms with E-state index in [-0.39, 0.29) is 4.90 Å². The van der Waals surface area contributed by atoms with Gasteiger partial charge in [0.25, 0.3) is 5.91 Å². The minimum Gasteiger partial charge on any atom is -0.507 e. The number of benzene rings is 2. The number of phenols is 1. The van der Waals surface area contributed by atoms with Gasteiger partial charge < -0.3 is 15.2 Å². The molecule has 2 aromatic rings. The van der Waals surface area contributed by atoms with Crippen molar-refractivity contribution in [3.63, 3.8) is 0 Å². The zero-order chi connectivity index (χ0) is 22.8. The molecule has 1 amide bonds. The van der Waals surface area contributed by atoms with Crippen molar-refractivity contribution in [1.29, 1.82) is 0 Å². The fraction of sp³-hybridized carbons (Fsp3) is 0.263. The highest BCUT2D eigenvalue weighted by molar-refractivity contribution is 7.89. The summed E-state index contributed by atoms with van der Waals surface area (Å²) in [5, 5.41) is 11.8. The van der Waals surface area contributed by atoms with Crippen molar-refractivity contribution in [2.75, 3.05) is 25.0 Å². The van der Waals surface area contributed by atoms with E-state index in [1.165, 1.54) is 4.31 Å². The van der Waals surface area contributed by atoms with Crippen LogP contribution < -0.4 is 5.32 Å². The number of sulfonamides is 1. The number of hydrogen-bond acceptors (Lipinski definition) is 6. The number of nitrogens with zero attached hydrogens (tertiary/aromatic N) is 1. The first-order valence-corrected chi connectivity index (χ1v) is 10.5. The number of carbonyl (C=O) groups is 2. The summed E-state index contributed by atoms with van der Waals surface area (Å²) in [6.07, 6.45) is 1.42. The predicted molar refractivity (Wildman–Crippen MR) is 101 cm³/mol. The molecule has 31 heavy (non-hydrogen) atoms. The van der Waals surface area contributed by atoms with E-state index in [4.69, 9.17) is 4.74 Å². The third-order valence-corrected chi connectivity index (χ3v) is 6.43. The Morgan fingerprint density at radius 1 is 1.06 bits per heavy atom. The van der Waals surface area contributed by atoms with E-state index < -0.39 is 63.0 Å². The summed E-state index contributed by atoms with van der Waals surface area (Å²) in [5.74, 6) is -7.71. The van der Waals surface area contributed by atoms with Crippen LogP contribution in [0.25, 0.3) is 0 Å². The molecule has 0 bridgehead atoms. The van der Waals surface area contributed by atoms with Crippen molar-refractivity contribution >= 4 is 27.6 Å². The van der Waals surface area contributed by atoms with E-state index in [1.807, 2.05) is 5.32 Å². The second-order valence-corrected chi connectivity index (χ2v) is 8.58. The number of esters is 1. The highest BCUT2D eigenvalue weighted by Crippen LogP contribution is 2.26. The van der Waals surface area contributed by atoms with Crippen molar-refractivity contribution < 1.29 is 41.0 Å². The SMILES string of the molecule is O=C(COC(=O)c1cc(S(=O)(=O)N2CCCC2)ccc1O)Nc1ccc(F)c(F)c1F. The number of halogens is 3. The van der Waals surface area contributed by atoms with Crippen molar-refractivity contribution in [2.45, 2.75) is 17.7 Å². The van der Waals surface area contributed by atoms with Gasteiger partial charge in [-0.3, -0.25) is 4.79 Å². The monoisotopic (exact) mass is 458 g/mol. The molecule has 0 unspecified atom stereocenters. The van der Waals surface area contributed by atoms with Crippen molar-refractivity contribution in [3.8, 4) is 5.75 Å². The van der Waals surface area contributed by atoms with Gasteiger partial charge in [-0.2, -0.15) is 4.31 Å². The zero-order valence-electron chi connectivity index (χ0n) is 15.9. The van der Waals surface area contributed by atoms with Crippen LogP contribution in [0.5, 0.6) is 5.75 Å². The van der Waals surface area contributed by atoms with Gasteiger partial charge in [0.05, 0.1) is 10.6 Å². The quantitative estimate of drug-likeness (QED) is 0.508. The molecule has 1 fully saturated rings. The zero-order valence-corrected chi connectivity index (χ0v) is 16.7. The highest BCUT2D eigenvalue weighted by atomic mass is 32.2. The highest BCUT2D eigenvalue weighted by Gasteiger charge is 2.29. The molecule has 1 aliphatic heterocycles. The smallest absolute Gasteiger partial charge is 0.342 e. The van der Waals surface area contributed by atoms with E-state index in [1.54, 1.807) is 0 Å². The van der Waals surface area contributed by atoms with Gasteiger partial charge in [0.15, 0.2) is 24.1 Å². The summed E-state index contributed by atoms with van der Waals surface area (Å²) in [6.45, 7) is -0.285. The molecular weight excluding hydrogens is 441 g/mol. The Kier molecular flexibility index (Phi) is 6.51. The third kappa shape index (κ3) is 4.80. The van der Waals surface area contributed by atoms with Gasteiger partial charge in [0.1, 0.15) is 11.3 Å². The Morgan fingerprint density at radius 2 is 1.74 bits per heavy atom. The number of ether oxygens (including phenoxy) is 1. The Balaban J connectivity index is 1.69. The van der Waals surface area contributed by atoms with Crippen LogP contribution in [0.3, 0.4) is 0 Å². The van der Waals surface area contributed by atoms with Gasteiger partial charge in [-0.25, -0.2) is 26.4 Å². The van der Waals surface area contributed by atoms with Gasteiger partial charge in [-0.1, -0.05) is 0 Å². The Bertz CT molecular complexity index is 1130. The van der Waals surface area contributed by atoms with Crippen molar-refractivity contribution in [1.82, 2.24) is 4.31 Å². The van der Waals surface area contributed by atoms with Gasteiger partial charge in [0.2, 0.25) is 10.0 Å². The second kappa shape index (κ2) is 8.94. The van der Waals surface area contributed by atoms with Gasteiger partial charge in [0, 0.05) is 13.1 Å². The average molecular weight is 458 g/mol. The number of anilines is 1. The lowest BCUT2D eigenvalue weighted by Gasteiger charge is -2.16. The molecular formula is C19H17F3N2O6S. The van der Waals surface area contributed by atoms with E-state index in [0.29, 0.717) is 32.0 Å².